The zero-order valence-corrected chi connectivity index (χ0v) is 12.8. The molecule has 0 saturated carbocycles. The molecule has 1 fully saturated rings. The van der Waals surface area contributed by atoms with Crippen LogP contribution in [0.25, 0.3) is 0 Å². The maximum absolute atomic E-state index is 5.50. The number of likely N-dealkylation sites (tertiary alicyclic amines) is 1. The first-order valence-corrected chi connectivity index (χ1v) is 7.33. The molecule has 0 amide bonds. The van der Waals surface area contributed by atoms with Gasteiger partial charge >= 0.3 is 0 Å². The van der Waals surface area contributed by atoms with Crippen LogP contribution in [0.5, 0.6) is 5.75 Å². The maximum Gasteiger partial charge on any atom is 0.123 e. The molecule has 2 atom stereocenters. The number of likely N-dealkylation sites (N-methyl/N-ethyl adjacent to an activating group) is 1. The fourth-order valence-electron chi connectivity index (χ4n) is 2.93. The third-order valence-electron chi connectivity index (χ3n) is 4.10. The van der Waals surface area contributed by atoms with Gasteiger partial charge in [0.05, 0.1) is 13.2 Å². The van der Waals surface area contributed by atoms with E-state index in [4.69, 9.17) is 9.47 Å². The van der Waals surface area contributed by atoms with Crippen molar-refractivity contribution in [2.75, 3.05) is 40.9 Å². The molecule has 0 aromatic heterocycles. The second kappa shape index (κ2) is 7.62. The molecule has 0 bridgehead atoms. The van der Waals surface area contributed by atoms with Crippen LogP contribution in [0.3, 0.4) is 0 Å². The molecule has 1 aliphatic heterocycles. The Morgan fingerprint density at radius 3 is 2.85 bits per heavy atom. The van der Waals surface area contributed by atoms with E-state index >= 15 is 0 Å². The number of nitrogens with one attached hydrogen (secondary N) is 1. The number of hydrogen-bond acceptors (Lipinski definition) is 4. The summed E-state index contributed by atoms with van der Waals surface area (Å²) in [7, 11) is 5.55. The van der Waals surface area contributed by atoms with Gasteiger partial charge in [0.2, 0.25) is 0 Å². The zero-order chi connectivity index (χ0) is 14.4. The van der Waals surface area contributed by atoms with E-state index in [0.717, 1.165) is 25.4 Å². The number of para-hydroxylation sites is 1. The normalized spacial score (nSPS) is 21.6. The average molecular weight is 278 g/mol. The maximum atomic E-state index is 5.50. The van der Waals surface area contributed by atoms with Crippen LogP contribution >= 0.6 is 0 Å². The Morgan fingerprint density at radius 2 is 2.15 bits per heavy atom. The number of nitrogens with zero attached hydrogens (tertiary/aromatic N) is 1. The summed E-state index contributed by atoms with van der Waals surface area (Å²) in [6.45, 7) is 3.15. The lowest BCUT2D eigenvalue weighted by atomic mass is 10.0. The Labute approximate surface area is 122 Å². The van der Waals surface area contributed by atoms with Gasteiger partial charge in [-0.05, 0) is 32.5 Å². The highest BCUT2D eigenvalue weighted by Gasteiger charge is 2.23. The summed E-state index contributed by atoms with van der Waals surface area (Å²) in [4.78, 5) is 2.48. The smallest absolute Gasteiger partial charge is 0.123 e. The van der Waals surface area contributed by atoms with Crippen LogP contribution in [0.15, 0.2) is 24.3 Å². The minimum atomic E-state index is 0.279. The topological polar surface area (TPSA) is 33.7 Å². The van der Waals surface area contributed by atoms with E-state index in [1.807, 2.05) is 26.3 Å². The van der Waals surface area contributed by atoms with Crippen LogP contribution in [0.2, 0.25) is 0 Å². The van der Waals surface area contributed by atoms with E-state index < -0.39 is 0 Å². The summed E-state index contributed by atoms with van der Waals surface area (Å²) in [5.41, 5.74) is 1.22. The Bertz CT molecular complexity index is 411. The van der Waals surface area contributed by atoms with Gasteiger partial charge in [-0.25, -0.2) is 0 Å². The first-order chi connectivity index (χ1) is 9.78. The van der Waals surface area contributed by atoms with Gasteiger partial charge in [-0.3, -0.25) is 4.90 Å². The highest BCUT2D eigenvalue weighted by atomic mass is 16.5. The zero-order valence-electron chi connectivity index (χ0n) is 12.8. The number of rotatable bonds is 6. The third kappa shape index (κ3) is 3.72. The standard InChI is InChI=1S/C16H26N2O2/c1-17-15(14-8-4-5-9-16(14)20-3)12-18-10-6-7-13(11-18)19-2/h4-5,8-9,13,15,17H,6-7,10-12H2,1-3H3. The predicted octanol–water partition coefficient (Wildman–Crippen LogP) is 2.07. The molecule has 1 N–H and O–H groups in total. The van der Waals surface area contributed by atoms with E-state index in [2.05, 4.69) is 22.3 Å². The van der Waals surface area contributed by atoms with Gasteiger partial charge in [0.15, 0.2) is 0 Å². The van der Waals surface area contributed by atoms with Crippen LogP contribution in [0.4, 0.5) is 0 Å². The minimum absolute atomic E-state index is 0.279. The van der Waals surface area contributed by atoms with E-state index in [9.17, 15) is 0 Å². The van der Waals surface area contributed by atoms with Gasteiger partial charge in [-0.1, -0.05) is 18.2 Å². The van der Waals surface area contributed by atoms with Crippen LogP contribution in [-0.2, 0) is 4.74 Å². The second-order valence-electron chi connectivity index (χ2n) is 5.34. The molecular formula is C16H26N2O2. The van der Waals surface area contributed by atoms with Crippen molar-refractivity contribution >= 4 is 0 Å². The molecule has 0 spiro atoms. The molecule has 1 saturated heterocycles. The van der Waals surface area contributed by atoms with Crippen LogP contribution in [0.1, 0.15) is 24.4 Å². The van der Waals surface area contributed by atoms with Crippen LogP contribution in [-0.4, -0.2) is 51.9 Å². The molecule has 112 valence electrons. The molecule has 0 radical (unpaired) electrons. The van der Waals surface area contributed by atoms with Crippen LogP contribution < -0.4 is 10.1 Å². The van der Waals surface area contributed by atoms with Crippen molar-refractivity contribution in [3.8, 4) is 5.75 Å². The Hall–Kier alpha value is -1.10. The monoisotopic (exact) mass is 278 g/mol. The molecule has 0 aliphatic carbocycles. The number of piperidine rings is 1. The van der Waals surface area contributed by atoms with Crippen molar-refractivity contribution in [2.24, 2.45) is 0 Å². The molecule has 1 aromatic carbocycles. The molecule has 4 heteroatoms. The van der Waals surface area contributed by atoms with Gasteiger partial charge in [0, 0.05) is 31.8 Å². The van der Waals surface area contributed by atoms with Crippen molar-refractivity contribution in [2.45, 2.75) is 25.0 Å². The van der Waals surface area contributed by atoms with Gasteiger partial charge in [-0.2, -0.15) is 0 Å². The Kier molecular flexibility index (Phi) is 5.83. The molecular weight excluding hydrogens is 252 g/mol. The Morgan fingerprint density at radius 1 is 1.35 bits per heavy atom. The second-order valence-corrected chi connectivity index (χ2v) is 5.34. The minimum Gasteiger partial charge on any atom is -0.496 e. The van der Waals surface area contributed by atoms with E-state index in [1.54, 1.807) is 7.11 Å². The first kappa shape index (κ1) is 15.3. The van der Waals surface area contributed by atoms with Crippen LogP contribution in [0, 0.1) is 0 Å². The van der Waals surface area contributed by atoms with E-state index in [1.165, 1.54) is 18.4 Å². The molecule has 4 nitrogen and oxygen atoms in total. The van der Waals surface area contributed by atoms with Crippen molar-refractivity contribution in [3.05, 3.63) is 29.8 Å². The van der Waals surface area contributed by atoms with E-state index in [-0.39, 0.29) is 6.04 Å². The first-order valence-electron chi connectivity index (χ1n) is 7.33. The Balaban J connectivity index is 2.05. The molecule has 1 heterocycles. The van der Waals surface area contributed by atoms with Crippen molar-refractivity contribution < 1.29 is 9.47 Å². The molecule has 1 aliphatic rings. The molecule has 2 unspecified atom stereocenters. The average Bonchev–Trinajstić information content (AvgIpc) is 2.52. The van der Waals surface area contributed by atoms with Crippen molar-refractivity contribution in [1.29, 1.82) is 0 Å². The highest BCUT2D eigenvalue weighted by Crippen LogP contribution is 2.26. The fraction of sp³-hybridized carbons (Fsp3) is 0.625. The summed E-state index contributed by atoms with van der Waals surface area (Å²) >= 11 is 0. The predicted molar refractivity (Wildman–Crippen MR) is 81.3 cm³/mol. The lowest BCUT2D eigenvalue weighted by Crippen LogP contribution is -2.43. The molecule has 1 aromatic rings. The largest absolute Gasteiger partial charge is 0.496 e. The van der Waals surface area contributed by atoms with Gasteiger partial charge in [0.1, 0.15) is 5.75 Å². The molecule has 2 rings (SSSR count). The van der Waals surface area contributed by atoms with Gasteiger partial charge in [-0.15, -0.1) is 0 Å². The number of methoxy groups -OCH3 is 2. The van der Waals surface area contributed by atoms with E-state index in [0.29, 0.717) is 6.10 Å². The summed E-state index contributed by atoms with van der Waals surface area (Å²) < 4.78 is 11.0. The quantitative estimate of drug-likeness (QED) is 0.863. The number of ether oxygens (including phenoxy) is 2. The van der Waals surface area contributed by atoms with Gasteiger partial charge in [0.25, 0.3) is 0 Å². The van der Waals surface area contributed by atoms with Crippen molar-refractivity contribution in [3.63, 3.8) is 0 Å². The summed E-state index contributed by atoms with van der Waals surface area (Å²) in [5.74, 6) is 0.951. The molecule has 20 heavy (non-hydrogen) atoms. The fourth-order valence-corrected chi connectivity index (χ4v) is 2.93. The highest BCUT2D eigenvalue weighted by molar-refractivity contribution is 5.36. The van der Waals surface area contributed by atoms with Crippen molar-refractivity contribution in [1.82, 2.24) is 10.2 Å². The number of hydrogen-bond donors (Lipinski definition) is 1. The summed E-state index contributed by atoms with van der Waals surface area (Å²) in [6, 6.07) is 8.51. The number of benzene rings is 1. The SMILES string of the molecule is CNC(CN1CCCC(OC)C1)c1ccccc1OC. The summed E-state index contributed by atoms with van der Waals surface area (Å²) in [6.07, 6.45) is 2.76. The van der Waals surface area contributed by atoms with Gasteiger partial charge < -0.3 is 14.8 Å². The lowest BCUT2D eigenvalue weighted by Gasteiger charge is -2.34. The third-order valence-corrected chi connectivity index (χ3v) is 4.10. The lowest BCUT2D eigenvalue weighted by molar-refractivity contribution is 0.0282. The summed E-state index contributed by atoms with van der Waals surface area (Å²) in [5, 5.41) is 3.41.